The highest BCUT2D eigenvalue weighted by atomic mass is 14.9. The average molecular weight is 235 g/mol. The predicted molar refractivity (Wildman–Crippen MR) is 72.4 cm³/mol. The van der Waals surface area contributed by atoms with Crippen molar-refractivity contribution in [1.82, 2.24) is 9.97 Å². The number of aromatic nitrogens is 2. The third-order valence-electron chi connectivity index (χ3n) is 2.88. The fourth-order valence-electron chi connectivity index (χ4n) is 1.94. The summed E-state index contributed by atoms with van der Waals surface area (Å²) < 4.78 is 0. The molecule has 0 bridgehead atoms. The molecule has 1 aliphatic rings. The second-order valence-electron chi connectivity index (χ2n) is 4.28. The smallest absolute Gasteiger partial charge is 0.159 e. The molecule has 0 fully saturated rings. The maximum Gasteiger partial charge on any atom is 0.159 e. The Kier molecular flexibility index (Phi) is 2.96. The molecule has 0 amide bonds. The van der Waals surface area contributed by atoms with E-state index in [1.807, 2.05) is 55.1 Å². The number of nitrogens with zero attached hydrogens (tertiary/aromatic N) is 3. The topological polar surface area (TPSA) is 38.1 Å². The molecule has 2 aromatic rings. The Morgan fingerprint density at radius 3 is 2.44 bits per heavy atom. The maximum absolute atomic E-state index is 4.41. The predicted octanol–water partition coefficient (Wildman–Crippen LogP) is 3.04. The third kappa shape index (κ3) is 2.35. The fourth-order valence-corrected chi connectivity index (χ4v) is 1.94. The lowest BCUT2D eigenvalue weighted by atomic mass is 10.1. The van der Waals surface area contributed by atoms with Gasteiger partial charge >= 0.3 is 0 Å². The van der Waals surface area contributed by atoms with E-state index in [0.717, 1.165) is 29.8 Å². The van der Waals surface area contributed by atoms with Crippen LogP contribution in [0.3, 0.4) is 0 Å². The molecule has 0 radical (unpaired) electrons. The number of hydrogen-bond acceptors (Lipinski definition) is 3. The van der Waals surface area contributed by atoms with E-state index in [4.69, 9.17) is 0 Å². The summed E-state index contributed by atoms with van der Waals surface area (Å²) in [6, 6.07) is 10.0. The zero-order valence-corrected chi connectivity index (χ0v) is 9.95. The molecule has 3 nitrogen and oxygen atoms in total. The van der Waals surface area contributed by atoms with Gasteiger partial charge in [-0.25, -0.2) is 9.97 Å². The van der Waals surface area contributed by atoms with E-state index in [9.17, 15) is 0 Å². The highest BCUT2D eigenvalue weighted by Gasteiger charge is 2.04. The SMILES string of the molecule is C1=NC=C(Cc2cnc(-c3ccccc3)nc2)C1. The second-order valence-corrected chi connectivity index (χ2v) is 4.28. The zero-order valence-electron chi connectivity index (χ0n) is 9.95. The molecule has 0 atom stereocenters. The van der Waals surface area contributed by atoms with Gasteiger partial charge in [-0.05, 0) is 17.6 Å². The summed E-state index contributed by atoms with van der Waals surface area (Å²) >= 11 is 0. The van der Waals surface area contributed by atoms with Crippen molar-refractivity contribution in [3.63, 3.8) is 0 Å². The minimum absolute atomic E-state index is 0.774. The summed E-state index contributed by atoms with van der Waals surface area (Å²) in [5.74, 6) is 0.774. The van der Waals surface area contributed by atoms with Crippen molar-refractivity contribution in [3.05, 3.63) is 60.1 Å². The number of rotatable bonds is 3. The molecule has 0 saturated heterocycles. The Balaban J connectivity index is 1.77. The molecular weight excluding hydrogens is 222 g/mol. The summed E-state index contributed by atoms with van der Waals surface area (Å²) in [4.78, 5) is 12.9. The summed E-state index contributed by atoms with van der Waals surface area (Å²) in [7, 11) is 0. The van der Waals surface area contributed by atoms with Crippen LogP contribution in [-0.2, 0) is 6.42 Å². The lowest BCUT2D eigenvalue weighted by Crippen LogP contribution is -1.94. The first-order valence-corrected chi connectivity index (χ1v) is 5.98. The van der Waals surface area contributed by atoms with Gasteiger partial charge in [0.1, 0.15) is 0 Å². The van der Waals surface area contributed by atoms with Crippen molar-refractivity contribution < 1.29 is 0 Å². The van der Waals surface area contributed by atoms with Crippen molar-refractivity contribution in [2.45, 2.75) is 12.8 Å². The van der Waals surface area contributed by atoms with Crippen LogP contribution in [0, 0.1) is 0 Å². The number of aliphatic imine (C=N–C) groups is 1. The van der Waals surface area contributed by atoms with E-state index >= 15 is 0 Å². The Hall–Kier alpha value is -2.29. The average Bonchev–Trinajstić information content (AvgIpc) is 2.94. The Labute approximate surface area is 106 Å². The van der Waals surface area contributed by atoms with Crippen LogP contribution in [0.25, 0.3) is 11.4 Å². The number of hydrogen-bond donors (Lipinski definition) is 0. The normalized spacial score (nSPS) is 13.7. The summed E-state index contributed by atoms with van der Waals surface area (Å²) in [6.07, 6.45) is 9.47. The quantitative estimate of drug-likeness (QED) is 0.820. The van der Waals surface area contributed by atoms with Crippen LogP contribution in [0.15, 0.2) is 59.5 Å². The number of benzene rings is 1. The first-order chi connectivity index (χ1) is 8.92. The van der Waals surface area contributed by atoms with E-state index < -0.39 is 0 Å². The molecule has 18 heavy (non-hydrogen) atoms. The van der Waals surface area contributed by atoms with E-state index in [1.165, 1.54) is 5.57 Å². The van der Waals surface area contributed by atoms with Gasteiger partial charge in [0.25, 0.3) is 0 Å². The third-order valence-corrected chi connectivity index (χ3v) is 2.88. The van der Waals surface area contributed by atoms with Crippen molar-refractivity contribution in [2.24, 2.45) is 4.99 Å². The Morgan fingerprint density at radius 1 is 1.00 bits per heavy atom. The molecule has 0 spiro atoms. The Bertz CT molecular complexity index is 583. The van der Waals surface area contributed by atoms with Crippen LogP contribution >= 0.6 is 0 Å². The molecule has 1 aliphatic heterocycles. The summed E-state index contributed by atoms with van der Waals surface area (Å²) in [6.45, 7) is 0. The van der Waals surface area contributed by atoms with Crippen LogP contribution in [0.2, 0.25) is 0 Å². The first kappa shape index (κ1) is 10.8. The van der Waals surface area contributed by atoms with Crippen LogP contribution < -0.4 is 0 Å². The molecule has 1 aromatic carbocycles. The summed E-state index contributed by atoms with van der Waals surface area (Å²) in [5, 5.41) is 0. The van der Waals surface area contributed by atoms with Crippen LogP contribution in [0.1, 0.15) is 12.0 Å². The monoisotopic (exact) mass is 235 g/mol. The molecular formula is C15H13N3. The molecule has 2 heterocycles. The molecule has 3 heteroatoms. The van der Waals surface area contributed by atoms with Crippen LogP contribution in [-0.4, -0.2) is 16.2 Å². The Morgan fingerprint density at radius 2 is 1.78 bits per heavy atom. The summed E-state index contributed by atoms with van der Waals surface area (Å²) in [5.41, 5.74) is 3.49. The van der Waals surface area contributed by atoms with Crippen molar-refractivity contribution in [1.29, 1.82) is 0 Å². The molecule has 0 unspecified atom stereocenters. The lowest BCUT2D eigenvalue weighted by Gasteiger charge is -2.03. The van der Waals surface area contributed by atoms with Gasteiger partial charge in [-0.15, -0.1) is 0 Å². The van der Waals surface area contributed by atoms with Crippen LogP contribution in [0.5, 0.6) is 0 Å². The number of allylic oxidation sites excluding steroid dienone is 1. The van der Waals surface area contributed by atoms with Gasteiger partial charge in [-0.3, -0.25) is 4.99 Å². The molecule has 1 aromatic heterocycles. The first-order valence-electron chi connectivity index (χ1n) is 5.98. The molecule has 0 N–H and O–H groups in total. The van der Waals surface area contributed by atoms with Crippen molar-refractivity contribution >= 4 is 6.21 Å². The lowest BCUT2D eigenvalue weighted by molar-refractivity contribution is 1.04. The van der Waals surface area contributed by atoms with E-state index in [-0.39, 0.29) is 0 Å². The molecule has 0 aliphatic carbocycles. The highest BCUT2D eigenvalue weighted by molar-refractivity contribution is 5.65. The van der Waals surface area contributed by atoms with Gasteiger partial charge in [0.2, 0.25) is 0 Å². The van der Waals surface area contributed by atoms with Gasteiger partial charge in [-0.1, -0.05) is 30.3 Å². The van der Waals surface area contributed by atoms with E-state index in [2.05, 4.69) is 15.0 Å². The largest absolute Gasteiger partial charge is 0.269 e. The second kappa shape index (κ2) is 4.92. The van der Waals surface area contributed by atoms with Gasteiger partial charge < -0.3 is 0 Å². The van der Waals surface area contributed by atoms with Crippen LogP contribution in [0.4, 0.5) is 0 Å². The molecule has 88 valence electrons. The molecule has 0 saturated carbocycles. The minimum Gasteiger partial charge on any atom is -0.269 e. The van der Waals surface area contributed by atoms with Gasteiger partial charge in [0.05, 0.1) is 0 Å². The van der Waals surface area contributed by atoms with E-state index in [1.54, 1.807) is 0 Å². The van der Waals surface area contributed by atoms with Gasteiger partial charge in [0, 0.05) is 36.8 Å². The zero-order chi connectivity index (χ0) is 12.2. The highest BCUT2D eigenvalue weighted by Crippen LogP contribution is 2.16. The standard InChI is InChI=1S/C15H13N3/c1-2-4-14(5-3-1)15-17-10-13(11-18-15)8-12-6-7-16-9-12/h1-5,7,9-11H,6,8H2. The van der Waals surface area contributed by atoms with Gasteiger partial charge in [-0.2, -0.15) is 0 Å². The fraction of sp³-hybridized carbons (Fsp3) is 0.133. The van der Waals surface area contributed by atoms with Gasteiger partial charge in [0.15, 0.2) is 5.82 Å². The van der Waals surface area contributed by atoms with Crippen molar-refractivity contribution in [3.8, 4) is 11.4 Å². The van der Waals surface area contributed by atoms with E-state index in [0.29, 0.717) is 0 Å². The maximum atomic E-state index is 4.41. The molecule has 3 rings (SSSR count). The minimum atomic E-state index is 0.774. The van der Waals surface area contributed by atoms with Crippen molar-refractivity contribution in [2.75, 3.05) is 0 Å².